The summed E-state index contributed by atoms with van der Waals surface area (Å²) in [7, 11) is 1.53. The van der Waals surface area contributed by atoms with Crippen LogP contribution in [0.25, 0.3) is 0 Å². The molecule has 1 unspecified atom stereocenters. The predicted octanol–water partition coefficient (Wildman–Crippen LogP) is 2.37. The number of carbonyl (C=O) groups is 1. The topological polar surface area (TPSA) is 57.0 Å². The Kier molecular flexibility index (Phi) is 4.11. The standard InChI is InChI=1S/C10H9Cl2N3O/c1-6(4-13)15(2)10(16)7-3-9(12)14-5-8(7)11/h3,5-6H,1-2H3. The van der Waals surface area contributed by atoms with Gasteiger partial charge < -0.3 is 4.90 Å². The first-order chi connectivity index (χ1) is 7.47. The Bertz CT molecular complexity index is 456. The average Bonchev–Trinajstić information content (AvgIpc) is 2.29. The number of halogens is 2. The number of rotatable bonds is 2. The number of amides is 1. The summed E-state index contributed by atoms with van der Waals surface area (Å²) in [5, 5.41) is 9.11. The van der Waals surface area contributed by atoms with E-state index in [4.69, 9.17) is 28.5 Å². The van der Waals surface area contributed by atoms with Crippen LogP contribution in [0.3, 0.4) is 0 Å². The molecule has 1 atom stereocenters. The van der Waals surface area contributed by atoms with Crippen LogP contribution in [0.5, 0.6) is 0 Å². The van der Waals surface area contributed by atoms with Crippen molar-refractivity contribution >= 4 is 29.1 Å². The fourth-order valence-corrected chi connectivity index (χ4v) is 1.37. The van der Waals surface area contributed by atoms with E-state index < -0.39 is 6.04 Å². The van der Waals surface area contributed by atoms with Gasteiger partial charge >= 0.3 is 0 Å². The van der Waals surface area contributed by atoms with Gasteiger partial charge in [-0.2, -0.15) is 5.26 Å². The summed E-state index contributed by atoms with van der Waals surface area (Å²) >= 11 is 11.5. The largest absolute Gasteiger partial charge is 0.326 e. The van der Waals surface area contributed by atoms with Gasteiger partial charge in [0.15, 0.2) is 0 Å². The molecule has 0 aliphatic rings. The van der Waals surface area contributed by atoms with Gasteiger partial charge in [0.1, 0.15) is 11.2 Å². The van der Waals surface area contributed by atoms with Crippen LogP contribution in [0.1, 0.15) is 17.3 Å². The second kappa shape index (κ2) is 5.15. The normalized spacial score (nSPS) is 11.7. The third-order valence-corrected chi connectivity index (χ3v) is 2.65. The van der Waals surface area contributed by atoms with Crippen LogP contribution in [-0.4, -0.2) is 28.9 Å². The van der Waals surface area contributed by atoms with Crippen molar-refractivity contribution in [2.45, 2.75) is 13.0 Å². The number of aromatic nitrogens is 1. The van der Waals surface area contributed by atoms with Crippen molar-refractivity contribution < 1.29 is 4.79 Å². The summed E-state index contributed by atoms with van der Waals surface area (Å²) in [6, 6.07) is 2.81. The van der Waals surface area contributed by atoms with Crippen molar-refractivity contribution in [3.8, 4) is 6.07 Å². The number of nitrogens with zero attached hydrogens (tertiary/aromatic N) is 3. The molecule has 4 nitrogen and oxygen atoms in total. The van der Waals surface area contributed by atoms with E-state index in [0.717, 1.165) is 0 Å². The number of pyridine rings is 1. The van der Waals surface area contributed by atoms with Gasteiger partial charge in [-0.05, 0) is 13.0 Å². The molecule has 1 aromatic rings. The van der Waals surface area contributed by atoms with Gasteiger partial charge in [0.2, 0.25) is 0 Å². The van der Waals surface area contributed by atoms with Crippen molar-refractivity contribution in [3.63, 3.8) is 0 Å². The number of carbonyl (C=O) groups excluding carboxylic acids is 1. The van der Waals surface area contributed by atoms with Crippen LogP contribution >= 0.6 is 23.2 Å². The molecular formula is C10H9Cl2N3O. The molecule has 6 heteroatoms. The highest BCUT2D eigenvalue weighted by molar-refractivity contribution is 6.35. The molecule has 1 amide bonds. The molecular weight excluding hydrogens is 249 g/mol. The van der Waals surface area contributed by atoms with Crippen LogP contribution in [0, 0.1) is 11.3 Å². The molecule has 0 saturated heterocycles. The number of hydrogen-bond donors (Lipinski definition) is 0. The van der Waals surface area contributed by atoms with Gasteiger partial charge in [-0.25, -0.2) is 4.98 Å². The zero-order valence-electron chi connectivity index (χ0n) is 8.74. The van der Waals surface area contributed by atoms with Gasteiger partial charge in [0.05, 0.1) is 16.7 Å². The van der Waals surface area contributed by atoms with Crippen molar-refractivity contribution in [3.05, 3.63) is 28.0 Å². The zero-order valence-corrected chi connectivity index (χ0v) is 10.2. The lowest BCUT2D eigenvalue weighted by atomic mass is 10.2. The van der Waals surface area contributed by atoms with Crippen LogP contribution in [0.4, 0.5) is 0 Å². The maximum Gasteiger partial charge on any atom is 0.256 e. The first kappa shape index (κ1) is 12.8. The predicted molar refractivity (Wildman–Crippen MR) is 61.4 cm³/mol. The lowest BCUT2D eigenvalue weighted by molar-refractivity contribution is 0.0773. The lowest BCUT2D eigenvalue weighted by Gasteiger charge is -2.19. The lowest BCUT2D eigenvalue weighted by Crippen LogP contribution is -2.34. The molecule has 1 rings (SSSR count). The van der Waals surface area contributed by atoms with Gasteiger partial charge in [0.25, 0.3) is 5.91 Å². The van der Waals surface area contributed by atoms with Gasteiger partial charge in [-0.15, -0.1) is 0 Å². The van der Waals surface area contributed by atoms with E-state index in [2.05, 4.69) is 4.98 Å². The Balaban J connectivity index is 3.06. The summed E-state index contributed by atoms with van der Waals surface area (Å²) in [4.78, 5) is 17.0. The van der Waals surface area contributed by atoms with Crippen molar-refractivity contribution in [1.29, 1.82) is 5.26 Å². The van der Waals surface area contributed by atoms with Gasteiger partial charge in [-0.1, -0.05) is 23.2 Å². The molecule has 0 saturated carbocycles. The number of nitriles is 1. The van der Waals surface area contributed by atoms with E-state index in [1.165, 1.54) is 24.2 Å². The quantitative estimate of drug-likeness (QED) is 0.765. The minimum absolute atomic E-state index is 0.186. The van der Waals surface area contributed by atoms with E-state index in [-0.39, 0.29) is 21.6 Å². The second-order valence-corrected chi connectivity index (χ2v) is 4.00. The zero-order chi connectivity index (χ0) is 12.3. The highest BCUT2D eigenvalue weighted by Crippen LogP contribution is 2.20. The third kappa shape index (κ3) is 2.63. The highest BCUT2D eigenvalue weighted by atomic mass is 35.5. The first-order valence-corrected chi connectivity index (χ1v) is 5.20. The Morgan fingerprint density at radius 3 is 2.81 bits per heavy atom. The molecule has 0 radical (unpaired) electrons. The fraction of sp³-hybridized carbons (Fsp3) is 0.300. The van der Waals surface area contributed by atoms with Crippen LogP contribution in [-0.2, 0) is 0 Å². The molecule has 1 heterocycles. The third-order valence-electron chi connectivity index (χ3n) is 2.14. The highest BCUT2D eigenvalue weighted by Gasteiger charge is 2.19. The van der Waals surface area contributed by atoms with Crippen LogP contribution in [0.2, 0.25) is 10.2 Å². The molecule has 16 heavy (non-hydrogen) atoms. The average molecular weight is 258 g/mol. The van der Waals surface area contributed by atoms with Crippen LogP contribution in [0.15, 0.2) is 12.3 Å². The van der Waals surface area contributed by atoms with E-state index in [0.29, 0.717) is 0 Å². The van der Waals surface area contributed by atoms with E-state index in [1.807, 2.05) is 6.07 Å². The molecule has 1 aromatic heterocycles. The molecule has 0 bridgehead atoms. The van der Waals surface area contributed by atoms with Crippen molar-refractivity contribution in [2.75, 3.05) is 7.05 Å². The Morgan fingerprint density at radius 2 is 2.25 bits per heavy atom. The summed E-state index contributed by atoms with van der Waals surface area (Å²) < 4.78 is 0. The molecule has 0 spiro atoms. The second-order valence-electron chi connectivity index (χ2n) is 3.21. The molecule has 0 aromatic carbocycles. The van der Waals surface area contributed by atoms with E-state index >= 15 is 0 Å². The van der Waals surface area contributed by atoms with Crippen molar-refractivity contribution in [2.24, 2.45) is 0 Å². The Morgan fingerprint density at radius 1 is 1.62 bits per heavy atom. The smallest absolute Gasteiger partial charge is 0.256 e. The molecule has 0 aliphatic carbocycles. The summed E-state index contributed by atoms with van der Waals surface area (Å²) in [6.07, 6.45) is 1.31. The molecule has 84 valence electrons. The Hall–Kier alpha value is -1.31. The molecule has 0 N–H and O–H groups in total. The molecule has 0 fully saturated rings. The number of hydrogen-bond acceptors (Lipinski definition) is 3. The first-order valence-electron chi connectivity index (χ1n) is 4.45. The minimum atomic E-state index is -0.532. The van der Waals surface area contributed by atoms with Crippen LogP contribution < -0.4 is 0 Å². The maximum atomic E-state index is 11.9. The van der Waals surface area contributed by atoms with E-state index in [9.17, 15) is 4.79 Å². The molecule has 0 aliphatic heterocycles. The summed E-state index contributed by atoms with van der Waals surface area (Å²) in [5.74, 6) is -0.358. The SMILES string of the molecule is CC(C#N)N(C)C(=O)c1cc(Cl)ncc1Cl. The fourth-order valence-electron chi connectivity index (χ4n) is 1.03. The maximum absolute atomic E-state index is 11.9. The van der Waals surface area contributed by atoms with Gasteiger partial charge in [-0.3, -0.25) is 4.79 Å². The Labute approximate surface area is 103 Å². The van der Waals surface area contributed by atoms with Crippen molar-refractivity contribution in [1.82, 2.24) is 9.88 Å². The van der Waals surface area contributed by atoms with E-state index in [1.54, 1.807) is 6.92 Å². The summed E-state index contributed by atoms with van der Waals surface area (Å²) in [6.45, 7) is 1.62. The minimum Gasteiger partial charge on any atom is -0.326 e. The summed E-state index contributed by atoms with van der Waals surface area (Å²) in [5.41, 5.74) is 0.242. The monoisotopic (exact) mass is 257 g/mol. The van der Waals surface area contributed by atoms with Gasteiger partial charge in [0, 0.05) is 13.2 Å².